The molecule has 0 bridgehead atoms. The highest BCUT2D eigenvalue weighted by Gasteiger charge is 2.22. The minimum atomic E-state index is -1.63. The van der Waals surface area contributed by atoms with Gasteiger partial charge in [-0.2, -0.15) is 0 Å². The first-order valence-electron chi connectivity index (χ1n) is 45.7. The second-order valence-corrected chi connectivity index (χ2v) is 31.9. The molecule has 0 radical (unpaired) electrons. The Kier molecular flexibility index (Phi) is 83.8. The number of unbranched alkanes of at least 4 members (excludes halogenated alkanes) is 50. The average Bonchev–Trinajstić information content (AvgIpc) is 0.965. The Morgan fingerprint density at radius 2 is 0.533 bits per heavy atom. The molecule has 2 atom stereocenters. The Morgan fingerprint density at radius 1 is 0.290 bits per heavy atom. The Hall–Kier alpha value is -4.31. The number of rotatable bonds is 85. The zero-order chi connectivity index (χ0) is 77.4. The maximum absolute atomic E-state index is 13.0. The van der Waals surface area contributed by atoms with E-state index in [0.29, 0.717) is 23.9 Å². The molecule has 0 aliphatic heterocycles. The second-order valence-electron chi connectivity index (χ2n) is 31.9. The predicted molar refractivity (Wildman–Crippen MR) is 463 cm³/mol. The third-order valence-electron chi connectivity index (χ3n) is 20.2. The molecule has 618 valence electrons. The van der Waals surface area contributed by atoms with Crippen molar-refractivity contribution < 1.29 is 42.9 Å². The normalized spacial score (nSPS) is 13.2. The Morgan fingerprint density at radius 3 is 0.804 bits per heavy atom. The highest BCUT2D eigenvalue weighted by atomic mass is 16.7. The van der Waals surface area contributed by atoms with Crippen LogP contribution in [0.25, 0.3) is 0 Å². The van der Waals surface area contributed by atoms with Gasteiger partial charge in [0, 0.05) is 12.8 Å². The predicted octanol–water partition coefficient (Wildman–Crippen LogP) is 28.8. The number of carboxylic acids is 1. The van der Waals surface area contributed by atoms with Gasteiger partial charge in [-0.3, -0.25) is 9.59 Å². The smallest absolute Gasteiger partial charge is 0.306 e. The summed E-state index contributed by atoms with van der Waals surface area (Å²) < 4.78 is 22.9. The van der Waals surface area contributed by atoms with Crippen molar-refractivity contribution in [2.45, 2.75) is 437 Å². The van der Waals surface area contributed by atoms with E-state index in [1.165, 1.54) is 295 Å². The number of ether oxygens (including phenoxy) is 4. The third kappa shape index (κ3) is 88.8. The van der Waals surface area contributed by atoms with Crippen molar-refractivity contribution in [3.63, 3.8) is 0 Å². The van der Waals surface area contributed by atoms with E-state index >= 15 is 0 Å². The number of nitrogens with zero attached hydrogens (tertiary/aromatic N) is 1. The van der Waals surface area contributed by atoms with Crippen LogP contribution < -0.4 is 5.11 Å². The molecule has 0 rings (SSSR count). The van der Waals surface area contributed by atoms with Crippen molar-refractivity contribution in [1.29, 1.82) is 0 Å². The number of esters is 2. The SMILES string of the molecule is CC/C=C\C/C=C\C/C=C\C/C=C\C/C=C\C/C=C\C/C=C\C/C=C\C/C=C\CCCCCCCCCCCCCCCC(=O)OC(COC(=O)CCCCCCCCCCCCCCCCCCCCCCCCCCCCCCC/C=C\CCCCCCCCCC)COC(OCC[N+](C)(C)C)C(=O)[O-]. The van der Waals surface area contributed by atoms with Gasteiger partial charge in [0.15, 0.2) is 12.4 Å². The Labute approximate surface area is 663 Å². The minimum absolute atomic E-state index is 0.146. The summed E-state index contributed by atoms with van der Waals surface area (Å²) >= 11 is 0. The molecule has 0 aromatic heterocycles. The van der Waals surface area contributed by atoms with Gasteiger partial charge in [0.2, 0.25) is 0 Å². The van der Waals surface area contributed by atoms with Gasteiger partial charge in [-0.05, 0) is 109 Å². The van der Waals surface area contributed by atoms with Crippen molar-refractivity contribution in [3.05, 3.63) is 122 Å². The highest BCUT2D eigenvalue weighted by Crippen LogP contribution is 2.20. The summed E-state index contributed by atoms with van der Waals surface area (Å²) in [5.74, 6) is -2.27. The number of carboxylic acid groups (broad SMARTS) is 1. The number of quaternary nitrogens is 1. The van der Waals surface area contributed by atoms with Crippen LogP contribution in [0.5, 0.6) is 0 Å². The Bertz CT molecular complexity index is 2190. The molecule has 0 heterocycles. The molecular formula is C98H173NO8. The molecule has 0 aromatic rings. The van der Waals surface area contributed by atoms with E-state index in [1.807, 2.05) is 21.1 Å². The fourth-order valence-corrected chi connectivity index (χ4v) is 13.3. The van der Waals surface area contributed by atoms with Crippen LogP contribution in [0.3, 0.4) is 0 Å². The standard InChI is InChI=1S/C98H173NO8/c1-6-8-10-12-14-16-18-20-22-24-26-28-30-32-34-36-38-40-42-44-46-48-50-52-54-56-58-60-62-64-66-68-70-72-74-76-78-80-82-84-86-88-95(100)105-92-94(93-106-98(97(102)103)104-91-90-99(3,4)5)107-96(101)89-87-85-83-81-79-77-75-73-71-69-67-65-63-61-59-57-55-53-51-49-47-45-43-41-39-37-35-33-31-29-27-25-23-21-19-17-15-13-11-9-7-2/h9,11,15,17,21,23-24,26-27,29,33,35,39,41,45,47,51,53,57,59,94,98H,6-8,10,12-14,16,18-20,22,25,28,30-32,34,36-38,40,42-44,46,48-50,52,54-56,58,60-93H2,1-5H3/b11-9-,17-15-,23-21-,26-24-,29-27-,35-33-,41-39-,47-45-,53-51-,59-57-. The summed E-state index contributed by atoms with van der Waals surface area (Å²) in [6.45, 7) is 4.68. The summed E-state index contributed by atoms with van der Waals surface area (Å²) in [7, 11) is 5.95. The minimum Gasteiger partial charge on any atom is -0.545 e. The molecule has 0 aliphatic carbocycles. The molecular weight excluding hydrogens is 1320 g/mol. The van der Waals surface area contributed by atoms with Crippen molar-refractivity contribution in [2.24, 2.45) is 0 Å². The number of hydrogen-bond donors (Lipinski definition) is 0. The number of aliphatic carboxylic acids is 1. The van der Waals surface area contributed by atoms with Gasteiger partial charge in [0.25, 0.3) is 0 Å². The van der Waals surface area contributed by atoms with Gasteiger partial charge in [-0.1, -0.05) is 424 Å². The molecule has 0 aromatic carbocycles. The highest BCUT2D eigenvalue weighted by molar-refractivity contribution is 5.70. The number of carbonyl (C=O) groups excluding carboxylic acids is 3. The van der Waals surface area contributed by atoms with Gasteiger partial charge in [-0.25, -0.2) is 0 Å². The summed E-state index contributed by atoms with van der Waals surface area (Å²) in [5.41, 5.74) is 0. The fourth-order valence-electron chi connectivity index (χ4n) is 13.3. The molecule has 0 amide bonds. The van der Waals surface area contributed by atoms with Gasteiger partial charge >= 0.3 is 11.9 Å². The largest absolute Gasteiger partial charge is 0.545 e. The lowest BCUT2D eigenvalue weighted by atomic mass is 10.0. The van der Waals surface area contributed by atoms with E-state index in [0.717, 1.165) is 96.3 Å². The molecule has 9 nitrogen and oxygen atoms in total. The molecule has 0 N–H and O–H groups in total. The maximum atomic E-state index is 13.0. The van der Waals surface area contributed by atoms with Gasteiger partial charge in [0.1, 0.15) is 13.2 Å². The summed E-state index contributed by atoms with van der Waals surface area (Å²) in [5, 5.41) is 11.9. The maximum Gasteiger partial charge on any atom is 0.306 e. The topological polar surface area (TPSA) is 111 Å². The molecule has 0 saturated carbocycles. The van der Waals surface area contributed by atoms with Crippen molar-refractivity contribution in [3.8, 4) is 0 Å². The van der Waals surface area contributed by atoms with Gasteiger partial charge in [0.05, 0.1) is 40.3 Å². The number of hydrogen-bond acceptors (Lipinski definition) is 8. The van der Waals surface area contributed by atoms with Crippen molar-refractivity contribution in [2.75, 3.05) is 47.5 Å². The second kappa shape index (κ2) is 87.3. The number of carbonyl (C=O) groups is 3. The van der Waals surface area contributed by atoms with E-state index < -0.39 is 24.3 Å². The van der Waals surface area contributed by atoms with Gasteiger partial charge < -0.3 is 33.3 Å². The lowest BCUT2D eigenvalue weighted by Gasteiger charge is -2.26. The molecule has 0 aliphatic rings. The molecule has 0 fully saturated rings. The summed E-state index contributed by atoms with van der Waals surface area (Å²) in [6.07, 6.45) is 122. The van der Waals surface area contributed by atoms with Crippen molar-refractivity contribution in [1.82, 2.24) is 0 Å². The monoisotopic (exact) mass is 1490 g/mol. The van der Waals surface area contributed by atoms with Crippen LogP contribution in [0.2, 0.25) is 0 Å². The number of allylic oxidation sites excluding steroid dienone is 20. The molecule has 2 unspecified atom stereocenters. The molecule has 0 spiro atoms. The lowest BCUT2D eigenvalue weighted by Crippen LogP contribution is -2.44. The van der Waals surface area contributed by atoms with Crippen molar-refractivity contribution >= 4 is 17.9 Å². The van der Waals surface area contributed by atoms with E-state index in [4.69, 9.17) is 18.9 Å². The zero-order valence-electron chi connectivity index (χ0n) is 71.0. The summed E-state index contributed by atoms with van der Waals surface area (Å²) in [6, 6.07) is 0. The summed E-state index contributed by atoms with van der Waals surface area (Å²) in [4.78, 5) is 37.7. The van der Waals surface area contributed by atoms with Crippen LogP contribution in [0, 0.1) is 0 Å². The fraction of sp³-hybridized carbons (Fsp3) is 0.765. The van der Waals surface area contributed by atoms with E-state index in [1.54, 1.807) is 0 Å². The molecule has 107 heavy (non-hydrogen) atoms. The van der Waals surface area contributed by atoms with Crippen LogP contribution in [0.15, 0.2) is 122 Å². The lowest BCUT2D eigenvalue weighted by molar-refractivity contribution is -0.870. The van der Waals surface area contributed by atoms with Crippen LogP contribution in [-0.2, 0) is 33.3 Å². The quantitative estimate of drug-likeness (QED) is 0.0195. The first-order chi connectivity index (χ1) is 52.6. The number of likely N-dealkylation sites (N-methyl/N-ethyl adjacent to an activating group) is 1. The van der Waals surface area contributed by atoms with Crippen LogP contribution in [0.1, 0.15) is 425 Å². The van der Waals surface area contributed by atoms with Gasteiger partial charge in [-0.15, -0.1) is 0 Å². The first-order valence-corrected chi connectivity index (χ1v) is 45.7. The van der Waals surface area contributed by atoms with Crippen LogP contribution in [0.4, 0.5) is 0 Å². The van der Waals surface area contributed by atoms with E-state index in [2.05, 4.69) is 135 Å². The Balaban J connectivity index is 3.96. The van der Waals surface area contributed by atoms with E-state index in [9.17, 15) is 19.5 Å². The third-order valence-corrected chi connectivity index (χ3v) is 20.2. The van der Waals surface area contributed by atoms with Crippen LogP contribution in [-0.4, -0.2) is 82.3 Å². The first kappa shape index (κ1) is 103. The van der Waals surface area contributed by atoms with E-state index in [-0.39, 0.29) is 32.2 Å². The molecule has 0 saturated heterocycles. The zero-order valence-corrected chi connectivity index (χ0v) is 71.0. The molecule has 9 heteroatoms. The van der Waals surface area contributed by atoms with Crippen LogP contribution >= 0.6 is 0 Å². The average molecular weight is 1490 g/mol.